The number of carbonyl (C=O) groups excluding carboxylic acids is 1. The van der Waals surface area contributed by atoms with Crippen LogP contribution in [0.1, 0.15) is 33.3 Å². The molecule has 100 valence electrons. The summed E-state index contributed by atoms with van der Waals surface area (Å²) in [5.41, 5.74) is 1.03. The lowest BCUT2D eigenvalue weighted by atomic mass is 9.90. The van der Waals surface area contributed by atoms with Gasteiger partial charge in [-0.3, -0.25) is 4.79 Å². The zero-order chi connectivity index (χ0) is 13.8. The minimum absolute atomic E-state index is 0.102. The third-order valence-corrected chi connectivity index (χ3v) is 3.03. The van der Waals surface area contributed by atoms with E-state index in [1.54, 1.807) is 0 Å². The normalized spacial score (nSPS) is 12.9. The monoisotopic (exact) mass is 250 g/mol. The maximum Gasteiger partial charge on any atom is 0.309 e. The molecule has 3 nitrogen and oxygen atoms in total. The molecule has 0 aliphatic carbocycles. The fourth-order valence-electron chi connectivity index (χ4n) is 1.31. The zero-order valence-electron chi connectivity index (χ0n) is 11.8. The van der Waals surface area contributed by atoms with Crippen molar-refractivity contribution in [1.29, 1.82) is 0 Å². The Labute approximate surface area is 109 Å². The minimum Gasteiger partial charge on any atom is -0.490 e. The summed E-state index contributed by atoms with van der Waals surface area (Å²) in [5, 5.41) is 0. The van der Waals surface area contributed by atoms with Crippen molar-refractivity contribution >= 4 is 5.97 Å². The number of ether oxygens (including phenoxy) is 2. The van der Waals surface area contributed by atoms with Gasteiger partial charge in [-0.15, -0.1) is 0 Å². The largest absolute Gasteiger partial charge is 0.490 e. The van der Waals surface area contributed by atoms with Gasteiger partial charge in [-0.05, 0) is 30.0 Å². The SMILES string of the molecule is COC(=O)Cc1ccc(OC(C)C(C)(C)C)cc1. The summed E-state index contributed by atoms with van der Waals surface area (Å²) in [6.45, 7) is 8.48. The van der Waals surface area contributed by atoms with Gasteiger partial charge in [-0.25, -0.2) is 0 Å². The van der Waals surface area contributed by atoms with Crippen LogP contribution in [0.3, 0.4) is 0 Å². The molecule has 0 saturated carbocycles. The van der Waals surface area contributed by atoms with Crippen molar-refractivity contribution in [2.45, 2.75) is 40.2 Å². The molecule has 1 atom stereocenters. The summed E-state index contributed by atoms with van der Waals surface area (Å²) >= 11 is 0. The summed E-state index contributed by atoms with van der Waals surface area (Å²) in [4.78, 5) is 11.1. The number of esters is 1. The highest BCUT2D eigenvalue weighted by molar-refractivity contribution is 5.72. The molecule has 0 bridgehead atoms. The van der Waals surface area contributed by atoms with Crippen LogP contribution >= 0.6 is 0 Å². The van der Waals surface area contributed by atoms with Crippen LogP contribution < -0.4 is 4.74 Å². The summed E-state index contributed by atoms with van der Waals surface area (Å²) in [5.74, 6) is 0.595. The average molecular weight is 250 g/mol. The molecule has 3 heteroatoms. The quantitative estimate of drug-likeness (QED) is 0.770. The number of hydrogen-bond acceptors (Lipinski definition) is 3. The van der Waals surface area contributed by atoms with Crippen LogP contribution in [0.2, 0.25) is 0 Å². The van der Waals surface area contributed by atoms with E-state index in [2.05, 4.69) is 32.4 Å². The molecule has 0 amide bonds. The van der Waals surface area contributed by atoms with Crippen molar-refractivity contribution in [3.05, 3.63) is 29.8 Å². The van der Waals surface area contributed by atoms with Gasteiger partial charge in [0.1, 0.15) is 11.9 Å². The molecule has 0 heterocycles. The molecule has 1 unspecified atom stereocenters. The van der Waals surface area contributed by atoms with Crippen LogP contribution in [0.5, 0.6) is 5.75 Å². The standard InChI is InChI=1S/C15H22O3/c1-11(15(2,3)4)18-13-8-6-12(7-9-13)10-14(16)17-5/h6-9,11H,10H2,1-5H3. The van der Waals surface area contributed by atoms with Gasteiger partial charge in [-0.1, -0.05) is 32.9 Å². The van der Waals surface area contributed by atoms with E-state index in [4.69, 9.17) is 4.74 Å². The Kier molecular flexibility index (Phi) is 4.76. The molecule has 1 aromatic rings. The van der Waals surface area contributed by atoms with E-state index in [0.29, 0.717) is 6.42 Å². The Morgan fingerprint density at radius 3 is 2.22 bits per heavy atom. The number of benzene rings is 1. The molecule has 0 aliphatic rings. The molecule has 0 fully saturated rings. The van der Waals surface area contributed by atoms with Crippen molar-refractivity contribution in [1.82, 2.24) is 0 Å². The van der Waals surface area contributed by atoms with Gasteiger partial charge in [0.15, 0.2) is 0 Å². The molecule has 1 rings (SSSR count). The van der Waals surface area contributed by atoms with E-state index in [1.807, 2.05) is 24.3 Å². The van der Waals surface area contributed by atoms with Crippen LogP contribution in [-0.2, 0) is 16.0 Å². The molecule has 0 saturated heterocycles. The minimum atomic E-state index is -0.230. The van der Waals surface area contributed by atoms with Gasteiger partial charge in [-0.2, -0.15) is 0 Å². The van der Waals surface area contributed by atoms with E-state index in [1.165, 1.54) is 7.11 Å². The van der Waals surface area contributed by atoms with Crippen molar-refractivity contribution in [3.8, 4) is 5.75 Å². The lowest BCUT2D eigenvalue weighted by molar-refractivity contribution is -0.139. The Hall–Kier alpha value is -1.51. The summed E-state index contributed by atoms with van der Waals surface area (Å²) in [6, 6.07) is 7.56. The number of carbonyl (C=O) groups is 1. The number of methoxy groups -OCH3 is 1. The Morgan fingerprint density at radius 2 is 1.78 bits per heavy atom. The average Bonchev–Trinajstić information content (AvgIpc) is 2.30. The molecule has 0 aromatic heterocycles. The second kappa shape index (κ2) is 5.89. The highest BCUT2D eigenvalue weighted by atomic mass is 16.5. The van der Waals surface area contributed by atoms with Crippen LogP contribution in [0, 0.1) is 5.41 Å². The van der Waals surface area contributed by atoms with Gasteiger partial charge < -0.3 is 9.47 Å². The van der Waals surface area contributed by atoms with Gasteiger partial charge in [0.05, 0.1) is 13.5 Å². The van der Waals surface area contributed by atoms with Crippen LogP contribution in [-0.4, -0.2) is 19.2 Å². The van der Waals surface area contributed by atoms with E-state index >= 15 is 0 Å². The van der Waals surface area contributed by atoms with Crippen LogP contribution in [0.15, 0.2) is 24.3 Å². The first-order chi connectivity index (χ1) is 8.32. The first-order valence-corrected chi connectivity index (χ1v) is 6.15. The fourth-order valence-corrected chi connectivity index (χ4v) is 1.31. The molecule has 1 aromatic carbocycles. The number of hydrogen-bond donors (Lipinski definition) is 0. The van der Waals surface area contributed by atoms with Crippen molar-refractivity contribution in [3.63, 3.8) is 0 Å². The van der Waals surface area contributed by atoms with Gasteiger partial charge in [0, 0.05) is 0 Å². The van der Waals surface area contributed by atoms with E-state index < -0.39 is 0 Å². The molecule has 0 radical (unpaired) electrons. The summed E-state index contributed by atoms with van der Waals surface area (Å²) < 4.78 is 10.5. The van der Waals surface area contributed by atoms with Gasteiger partial charge >= 0.3 is 5.97 Å². The molecule has 18 heavy (non-hydrogen) atoms. The molecule has 0 N–H and O–H groups in total. The Balaban J connectivity index is 2.63. The smallest absolute Gasteiger partial charge is 0.309 e. The fraction of sp³-hybridized carbons (Fsp3) is 0.533. The van der Waals surface area contributed by atoms with Crippen LogP contribution in [0.25, 0.3) is 0 Å². The second-order valence-corrected chi connectivity index (χ2v) is 5.52. The maximum atomic E-state index is 11.1. The van der Waals surface area contributed by atoms with Crippen LogP contribution in [0.4, 0.5) is 0 Å². The van der Waals surface area contributed by atoms with Crippen molar-refractivity contribution in [2.24, 2.45) is 5.41 Å². The highest BCUT2D eigenvalue weighted by Gasteiger charge is 2.21. The molecular weight excluding hydrogens is 228 g/mol. The van der Waals surface area contributed by atoms with E-state index in [-0.39, 0.29) is 17.5 Å². The number of rotatable bonds is 4. The van der Waals surface area contributed by atoms with Crippen molar-refractivity contribution in [2.75, 3.05) is 7.11 Å². The first-order valence-electron chi connectivity index (χ1n) is 6.15. The molecular formula is C15H22O3. The molecule has 0 spiro atoms. The highest BCUT2D eigenvalue weighted by Crippen LogP contribution is 2.24. The second-order valence-electron chi connectivity index (χ2n) is 5.52. The van der Waals surface area contributed by atoms with E-state index in [9.17, 15) is 4.79 Å². The lowest BCUT2D eigenvalue weighted by Crippen LogP contribution is -2.28. The van der Waals surface area contributed by atoms with E-state index in [0.717, 1.165) is 11.3 Å². The molecule has 0 aliphatic heterocycles. The maximum absolute atomic E-state index is 11.1. The topological polar surface area (TPSA) is 35.5 Å². The zero-order valence-corrected chi connectivity index (χ0v) is 11.8. The predicted molar refractivity (Wildman–Crippen MR) is 71.7 cm³/mol. The lowest BCUT2D eigenvalue weighted by Gasteiger charge is -2.27. The summed E-state index contributed by atoms with van der Waals surface area (Å²) in [6.07, 6.45) is 0.426. The van der Waals surface area contributed by atoms with Crippen molar-refractivity contribution < 1.29 is 14.3 Å². The first kappa shape index (κ1) is 14.6. The Morgan fingerprint density at radius 1 is 1.22 bits per heavy atom. The third-order valence-electron chi connectivity index (χ3n) is 3.03. The Bertz CT molecular complexity index is 387. The van der Waals surface area contributed by atoms with Gasteiger partial charge in [0.25, 0.3) is 0 Å². The predicted octanol–water partition coefficient (Wildman–Crippen LogP) is 3.22. The van der Waals surface area contributed by atoms with Gasteiger partial charge in [0.2, 0.25) is 0 Å². The third kappa shape index (κ3) is 4.40. The summed E-state index contributed by atoms with van der Waals surface area (Å²) in [7, 11) is 1.39.